The fourth-order valence-electron chi connectivity index (χ4n) is 5.52. The second-order valence-corrected chi connectivity index (χ2v) is 7.59. The lowest BCUT2D eigenvalue weighted by Gasteiger charge is -2.56. The Labute approximate surface area is 123 Å². The van der Waals surface area contributed by atoms with E-state index in [1.807, 2.05) is 0 Å². The van der Waals surface area contributed by atoms with Gasteiger partial charge in [-0.2, -0.15) is 0 Å². The van der Waals surface area contributed by atoms with Gasteiger partial charge in [0.1, 0.15) is 0 Å². The van der Waals surface area contributed by atoms with Crippen LogP contribution in [0.15, 0.2) is 0 Å². The molecule has 3 nitrogen and oxygen atoms in total. The van der Waals surface area contributed by atoms with E-state index in [-0.39, 0.29) is 0 Å². The van der Waals surface area contributed by atoms with E-state index in [1.165, 1.54) is 32.1 Å². The monoisotopic (exact) mass is 278 g/mol. The van der Waals surface area contributed by atoms with Gasteiger partial charge in [-0.25, -0.2) is 0 Å². The standard InChI is InChI=1S/C17H30N2O/c1-4-18-11(2)5-16(20)19(3)17-14-7-12-6-13(9-14)10-15(17)8-12/h11-15,17-18H,4-10H2,1-3H3. The van der Waals surface area contributed by atoms with E-state index in [2.05, 4.69) is 31.1 Å². The Bertz CT molecular complexity index is 340. The summed E-state index contributed by atoms with van der Waals surface area (Å²) in [6.45, 7) is 5.16. The van der Waals surface area contributed by atoms with Crippen molar-refractivity contribution >= 4 is 5.91 Å². The van der Waals surface area contributed by atoms with Crippen molar-refractivity contribution in [3.8, 4) is 0 Å². The second kappa shape index (κ2) is 5.67. The van der Waals surface area contributed by atoms with Crippen LogP contribution in [0, 0.1) is 23.7 Å². The molecule has 4 aliphatic carbocycles. The third kappa shape index (κ3) is 2.61. The molecule has 4 fully saturated rings. The molecule has 1 unspecified atom stereocenters. The molecule has 0 aliphatic heterocycles. The van der Waals surface area contributed by atoms with Gasteiger partial charge in [0.2, 0.25) is 5.91 Å². The van der Waals surface area contributed by atoms with Crippen LogP contribution < -0.4 is 5.32 Å². The van der Waals surface area contributed by atoms with Gasteiger partial charge in [-0.15, -0.1) is 0 Å². The molecular formula is C17H30N2O. The first-order valence-electron chi connectivity index (χ1n) is 8.57. The third-order valence-electron chi connectivity index (χ3n) is 6.05. The van der Waals surface area contributed by atoms with Gasteiger partial charge >= 0.3 is 0 Å². The highest BCUT2D eigenvalue weighted by Gasteiger charge is 2.50. The minimum absolute atomic E-state index is 0.298. The van der Waals surface area contributed by atoms with Crippen molar-refractivity contribution < 1.29 is 4.79 Å². The normalized spacial score (nSPS) is 39.9. The van der Waals surface area contributed by atoms with Gasteiger partial charge < -0.3 is 10.2 Å². The number of nitrogens with one attached hydrogen (secondary N) is 1. The first-order valence-corrected chi connectivity index (χ1v) is 8.57. The van der Waals surface area contributed by atoms with Gasteiger partial charge in [0.15, 0.2) is 0 Å². The quantitative estimate of drug-likeness (QED) is 0.838. The number of nitrogens with zero attached hydrogens (tertiary/aromatic N) is 1. The van der Waals surface area contributed by atoms with Gasteiger partial charge in [0, 0.05) is 25.6 Å². The minimum Gasteiger partial charge on any atom is -0.342 e. The number of hydrogen-bond donors (Lipinski definition) is 1. The first-order chi connectivity index (χ1) is 9.58. The molecule has 3 heteroatoms. The number of carbonyl (C=O) groups excluding carboxylic acids is 1. The molecule has 0 aromatic heterocycles. The number of carbonyl (C=O) groups is 1. The molecule has 0 heterocycles. The summed E-state index contributed by atoms with van der Waals surface area (Å²) in [5.74, 6) is 3.91. The zero-order valence-electron chi connectivity index (χ0n) is 13.3. The molecule has 0 spiro atoms. The molecule has 4 saturated carbocycles. The summed E-state index contributed by atoms with van der Waals surface area (Å²) in [5, 5.41) is 3.35. The van der Waals surface area contributed by atoms with E-state index >= 15 is 0 Å². The summed E-state index contributed by atoms with van der Waals surface area (Å²) in [7, 11) is 2.06. The Morgan fingerprint density at radius 2 is 1.70 bits per heavy atom. The fourth-order valence-corrected chi connectivity index (χ4v) is 5.52. The van der Waals surface area contributed by atoms with Crippen LogP contribution in [0.1, 0.15) is 52.4 Å². The Hall–Kier alpha value is -0.570. The molecule has 1 atom stereocenters. The Kier molecular flexibility index (Phi) is 4.07. The molecule has 0 saturated heterocycles. The highest BCUT2D eigenvalue weighted by Crippen LogP contribution is 2.54. The lowest BCUT2D eigenvalue weighted by atomic mass is 9.54. The van der Waals surface area contributed by atoms with Crippen LogP contribution in [0.5, 0.6) is 0 Å². The zero-order valence-corrected chi connectivity index (χ0v) is 13.3. The van der Waals surface area contributed by atoms with Crippen LogP contribution in [0.25, 0.3) is 0 Å². The summed E-state index contributed by atoms with van der Waals surface area (Å²) in [4.78, 5) is 14.7. The van der Waals surface area contributed by atoms with E-state index in [0.29, 0.717) is 24.4 Å². The maximum atomic E-state index is 12.5. The SMILES string of the molecule is CCNC(C)CC(=O)N(C)C1C2CC3CC(C2)CC1C3. The lowest BCUT2D eigenvalue weighted by molar-refractivity contribution is -0.141. The molecular weight excluding hydrogens is 248 g/mol. The van der Waals surface area contributed by atoms with Crippen molar-refractivity contribution in [1.29, 1.82) is 0 Å². The average molecular weight is 278 g/mol. The Morgan fingerprint density at radius 3 is 2.20 bits per heavy atom. The average Bonchev–Trinajstić information content (AvgIpc) is 2.37. The smallest absolute Gasteiger partial charge is 0.224 e. The number of rotatable bonds is 5. The summed E-state index contributed by atoms with van der Waals surface area (Å²) in [5.41, 5.74) is 0. The molecule has 0 aromatic carbocycles. The highest BCUT2D eigenvalue weighted by atomic mass is 16.2. The zero-order chi connectivity index (χ0) is 14.3. The van der Waals surface area contributed by atoms with Gasteiger partial charge in [0.05, 0.1) is 0 Å². The Balaban J connectivity index is 1.62. The Morgan fingerprint density at radius 1 is 1.15 bits per heavy atom. The largest absolute Gasteiger partial charge is 0.342 e. The van der Waals surface area contributed by atoms with Gasteiger partial charge in [-0.05, 0) is 69.2 Å². The number of hydrogen-bond acceptors (Lipinski definition) is 2. The van der Waals surface area contributed by atoms with E-state index in [9.17, 15) is 4.79 Å². The molecule has 4 bridgehead atoms. The van der Waals surface area contributed by atoms with Crippen molar-refractivity contribution in [2.75, 3.05) is 13.6 Å². The van der Waals surface area contributed by atoms with Gasteiger partial charge in [0.25, 0.3) is 0 Å². The topological polar surface area (TPSA) is 32.3 Å². The molecule has 0 radical (unpaired) electrons. The summed E-state index contributed by atoms with van der Waals surface area (Å²) in [6.07, 6.45) is 7.67. The predicted molar refractivity (Wildman–Crippen MR) is 81.4 cm³/mol. The highest BCUT2D eigenvalue weighted by molar-refractivity contribution is 5.77. The number of amides is 1. The molecule has 1 amide bonds. The van der Waals surface area contributed by atoms with Crippen LogP contribution in [-0.2, 0) is 4.79 Å². The molecule has 0 aromatic rings. The molecule has 1 N–H and O–H groups in total. The minimum atomic E-state index is 0.298. The lowest BCUT2D eigenvalue weighted by Crippen LogP contribution is -2.56. The van der Waals surface area contributed by atoms with E-state index in [4.69, 9.17) is 0 Å². The van der Waals surface area contributed by atoms with Crippen molar-refractivity contribution in [2.24, 2.45) is 23.7 Å². The van der Waals surface area contributed by atoms with Crippen LogP contribution >= 0.6 is 0 Å². The van der Waals surface area contributed by atoms with Gasteiger partial charge in [-0.3, -0.25) is 4.79 Å². The van der Waals surface area contributed by atoms with Crippen LogP contribution in [0.3, 0.4) is 0 Å². The van der Waals surface area contributed by atoms with Crippen molar-refractivity contribution in [3.05, 3.63) is 0 Å². The van der Waals surface area contributed by atoms with Crippen LogP contribution in [0.4, 0.5) is 0 Å². The summed E-state index contributed by atoms with van der Waals surface area (Å²) in [6, 6.07) is 0.843. The van der Waals surface area contributed by atoms with Crippen molar-refractivity contribution in [2.45, 2.75) is 64.5 Å². The van der Waals surface area contributed by atoms with Crippen molar-refractivity contribution in [1.82, 2.24) is 10.2 Å². The molecule has 114 valence electrons. The van der Waals surface area contributed by atoms with Crippen LogP contribution in [0.2, 0.25) is 0 Å². The molecule has 20 heavy (non-hydrogen) atoms. The predicted octanol–water partition coefficient (Wildman–Crippen LogP) is 2.66. The van der Waals surface area contributed by atoms with E-state index in [1.54, 1.807) is 0 Å². The summed E-state index contributed by atoms with van der Waals surface area (Å²) >= 11 is 0. The van der Waals surface area contributed by atoms with Crippen LogP contribution in [-0.4, -0.2) is 36.5 Å². The van der Waals surface area contributed by atoms with Crippen molar-refractivity contribution in [3.63, 3.8) is 0 Å². The first kappa shape index (κ1) is 14.4. The maximum Gasteiger partial charge on any atom is 0.224 e. The van der Waals surface area contributed by atoms with Gasteiger partial charge in [-0.1, -0.05) is 6.92 Å². The van der Waals surface area contributed by atoms with E-state index in [0.717, 1.165) is 30.2 Å². The van der Waals surface area contributed by atoms with E-state index < -0.39 is 0 Å². The molecule has 4 aliphatic rings. The summed E-state index contributed by atoms with van der Waals surface area (Å²) < 4.78 is 0. The molecule has 4 rings (SSSR count). The second-order valence-electron chi connectivity index (χ2n) is 7.59. The fraction of sp³-hybridized carbons (Fsp3) is 0.941. The third-order valence-corrected chi connectivity index (χ3v) is 6.05. The maximum absolute atomic E-state index is 12.5.